The van der Waals surface area contributed by atoms with E-state index in [2.05, 4.69) is 30.3 Å². The maximum atomic E-state index is 6.79. The Morgan fingerprint density at radius 3 is 1.41 bits per heavy atom. The van der Waals surface area contributed by atoms with Crippen molar-refractivity contribution in [1.82, 2.24) is 19.9 Å². The fourth-order valence-electron chi connectivity index (χ4n) is 6.00. The van der Waals surface area contributed by atoms with Crippen molar-refractivity contribution in [3.05, 3.63) is 146 Å². The first-order chi connectivity index (χ1) is 22.8. The molecule has 0 atom stereocenters. The second-order valence-electron chi connectivity index (χ2n) is 11.0. The van der Waals surface area contributed by atoms with Gasteiger partial charge in [-0.15, -0.1) is 0 Å². The highest BCUT2D eigenvalue weighted by Crippen LogP contribution is 2.42. The maximum Gasteiger partial charge on any atom is 0.227 e. The van der Waals surface area contributed by atoms with Crippen LogP contribution in [0.1, 0.15) is 0 Å². The third-order valence-electron chi connectivity index (χ3n) is 8.19. The molecule has 0 bridgehead atoms. The summed E-state index contributed by atoms with van der Waals surface area (Å²) in [4.78, 5) is 19.6. The highest BCUT2D eigenvalue weighted by molar-refractivity contribution is 6.14. The van der Waals surface area contributed by atoms with Crippen LogP contribution in [0.4, 0.5) is 0 Å². The zero-order chi connectivity index (χ0) is 30.5. The molecule has 0 aliphatic heterocycles. The molecule has 3 aromatic heterocycles. The van der Waals surface area contributed by atoms with Gasteiger partial charge in [-0.3, -0.25) is 0 Å². The maximum absolute atomic E-state index is 6.79. The molecule has 46 heavy (non-hydrogen) atoms. The van der Waals surface area contributed by atoms with Crippen molar-refractivity contribution in [2.45, 2.75) is 0 Å². The van der Waals surface area contributed by atoms with Gasteiger partial charge in [0, 0.05) is 38.6 Å². The van der Waals surface area contributed by atoms with Gasteiger partial charge in [-0.05, 0) is 24.3 Å². The van der Waals surface area contributed by atoms with Crippen molar-refractivity contribution in [2.24, 2.45) is 0 Å². The zero-order valence-corrected chi connectivity index (χ0v) is 24.5. The molecule has 0 unspecified atom stereocenters. The molecule has 0 amide bonds. The average molecular weight is 593 g/mol. The average Bonchev–Trinajstić information content (AvgIpc) is 3.75. The van der Waals surface area contributed by atoms with E-state index in [0.717, 1.165) is 55.3 Å². The fraction of sp³-hybridized carbons (Fsp3) is 0. The van der Waals surface area contributed by atoms with Gasteiger partial charge in [0.05, 0.1) is 5.56 Å². The predicted molar refractivity (Wildman–Crippen MR) is 182 cm³/mol. The lowest BCUT2D eigenvalue weighted by Gasteiger charge is -2.08. The SMILES string of the molecule is c1ccc(-c2nc(-c3ccccc3)nc(-c3cccc4c3oc3c(-c5cccc6nc(-c7ccccc7)oc56)cccc34)n2)cc1. The molecule has 0 spiro atoms. The first-order valence-corrected chi connectivity index (χ1v) is 15.1. The van der Waals surface area contributed by atoms with Gasteiger partial charge in [-0.1, -0.05) is 121 Å². The van der Waals surface area contributed by atoms with E-state index in [0.29, 0.717) is 34.5 Å². The molecule has 6 nitrogen and oxygen atoms in total. The largest absolute Gasteiger partial charge is 0.455 e. The third-order valence-corrected chi connectivity index (χ3v) is 8.19. The van der Waals surface area contributed by atoms with Gasteiger partial charge >= 0.3 is 0 Å². The van der Waals surface area contributed by atoms with Gasteiger partial charge in [0.25, 0.3) is 0 Å². The summed E-state index contributed by atoms with van der Waals surface area (Å²) in [6.45, 7) is 0. The summed E-state index contributed by atoms with van der Waals surface area (Å²) in [7, 11) is 0. The third kappa shape index (κ3) is 4.35. The Balaban J connectivity index is 1.25. The molecule has 9 aromatic rings. The van der Waals surface area contributed by atoms with Gasteiger partial charge in [-0.25, -0.2) is 19.9 Å². The predicted octanol–water partition coefficient (Wildman–Crippen LogP) is 10.2. The molecular weight excluding hydrogens is 568 g/mol. The number of hydrogen-bond acceptors (Lipinski definition) is 6. The molecular formula is C40H24N4O2. The van der Waals surface area contributed by atoms with Crippen molar-refractivity contribution in [3.63, 3.8) is 0 Å². The number of hydrogen-bond donors (Lipinski definition) is 0. The van der Waals surface area contributed by atoms with Gasteiger partial charge in [0.1, 0.15) is 16.7 Å². The molecule has 9 rings (SSSR count). The Morgan fingerprint density at radius 2 is 0.804 bits per heavy atom. The lowest BCUT2D eigenvalue weighted by Crippen LogP contribution is -2.00. The molecule has 0 saturated heterocycles. The monoisotopic (exact) mass is 592 g/mol. The lowest BCUT2D eigenvalue weighted by molar-refractivity contribution is 0.620. The topological polar surface area (TPSA) is 77.8 Å². The van der Waals surface area contributed by atoms with Crippen molar-refractivity contribution < 1.29 is 8.83 Å². The van der Waals surface area contributed by atoms with E-state index in [1.165, 1.54) is 0 Å². The number of rotatable bonds is 5. The van der Waals surface area contributed by atoms with E-state index >= 15 is 0 Å². The van der Waals surface area contributed by atoms with Crippen LogP contribution in [0.5, 0.6) is 0 Å². The zero-order valence-electron chi connectivity index (χ0n) is 24.5. The smallest absolute Gasteiger partial charge is 0.227 e. The van der Waals surface area contributed by atoms with Crippen LogP contribution in [0.25, 0.3) is 89.8 Å². The standard InChI is InChI=1S/C40H24N4O2/c1-4-13-25(14-5-1)37-42-38(26-15-6-2-7-16-26)44-39(43-37)32-23-11-21-29-28-19-10-20-30(34(28)45-35(29)32)31-22-12-24-33-36(31)46-40(41-33)27-17-8-3-9-18-27/h1-24H. The molecule has 216 valence electrons. The van der Waals surface area contributed by atoms with Gasteiger partial charge in [0.15, 0.2) is 23.1 Å². The van der Waals surface area contributed by atoms with Crippen LogP contribution in [-0.4, -0.2) is 19.9 Å². The van der Waals surface area contributed by atoms with Crippen molar-refractivity contribution >= 4 is 33.0 Å². The summed E-state index contributed by atoms with van der Waals surface area (Å²) < 4.78 is 13.2. The first kappa shape index (κ1) is 26.0. The molecule has 0 radical (unpaired) electrons. The minimum absolute atomic E-state index is 0.545. The Labute approximate surface area is 263 Å². The second kappa shape index (κ2) is 10.6. The molecule has 3 heterocycles. The number of benzene rings is 6. The molecule has 0 N–H and O–H groups in total. The number of aromatic nitrogens is 4. The van der Waals surface area contributed by atoms with Crippen LogP contribution in [0.2, 0.25) is 0 Å². The van der Waals surface area contributed by atoms with Crippen LogP contribution < -0.4 is 0 Å². The molecule has 6 aromatic carbocycles. The van der Waals surface area contributed by atoms with E-state index in [1.807, 2.05) is 115 Å². The highest BCUT2D eigenvalue weighted by atomic mass is 16.3. The molecule has 0 aliphatic rings. The summed E-state index contributed by atoms with van der Waals surface area (Å²) in [6.07, 6.45) is 0. The minimum Gasteiger partial charge on any atom is -0.455 e. The molecule has 0 fully saturated rings. The molecule has 0 saturated carbocycles. The highest BCUT2D eigenvalue weighted by Gasteiger charge is 2.21. The van der Waals surface area contributed by atoms with E-state index in [9.17, 15) is 0 Å². The molecule has 0 aliphatic carbocycles. The van der Waals surface area contributed by atoms with Crippen LogP contribution in [0.15, 0.2) is 154 Å². The van der Waals surface area contributed by atoms with Gasteiger partial charge in [0.2, 0.25) is 5.89 Å². The van der Waals surface area contributed by atoms with Crippen LogP contribution in [-0.2, 0) is 0 Å². The number of fused-ring (bicyclic) bond motifs is 4. The fourth-order valence-corrected chi connectivity index (χ4v) is 6.00. The van der Waals surface area contributed by atoms with E-state index < -0.39 is 0 Å². The van der Waals surface area contributed by atoms with Gasteiger partial charge in [-0.2, -0.15) is 0 Å². The van der Waals surface area contributed by atoms with Crippen molar-refractivity contribution in [3.8, 4) is 56.7 Å². The number of nitrogens with zero attached hydrogens (tertiary/aromatic N) is 4. The van der Waals surface area contributed by atoms with E-state index in [1.54, 1.807) is 0 Å². The van der Waals surface area contributed by atoms with Crippen LogP contribution in [0, 0.1) is 0 Å². The van der Waals surface area contributed by atoms with Crippen molar-refractivity contribution in [2.75, 3.05) is 0 Å². The summed E-state index contributed by atoms with van der Waals surface area (Å²) >= 11 is 0. The normalized spacial score (nSPS) is 11.5. The quantitative estimate of drug-likeness (QED) is 0.198. The lowest BCUT2D eigenvalue weighted by atomic mass is 10.0. The van der Waals surface area contributed by atoms with Gasteiger partial charge < -0.3 is 8.83 Å². The van der Waals surface area contributed by atoms with Crippen molar-refractivity contribution in [1.29, 1.82) is 0 Å². The minimum atomic E-state index is 0.545. The number of para-hydroxylation sites is 3. The summed E-state index contributed by atoms with van der Waals surface area (Å²) in [5, 5.41) is 1.97. The summed E-state index contributed by atoms with van der Waals surface area (Å²) in [5.74, 6) is 2.33. The Kier molecular flexibility index (Phi) is 6.03. The van der Waals surface area contributed by atoms with E-state index in [4.69, 9.17) is 28.8 Å². The van der Waals surface area contributed by atoms with Crippen LogP contribution >= 0.6 is 0 Å². The Hall–Kier alpha value is -6.40. The summed E-state index contributed by atoms with van der Waals surface area (Å²) in [5.41, 5.74) is 8.36. The number of furan rings is 1. The van der Waals surface area contributed by atoms with E-state index in [-0.39, 0.29) is 0 Å². The van der Waals surface area contributed by atoms with Crippen LogP contribution in [0.3, 0.4) is 0 Å². The molecule has 6 heteroatoms. The second-order valence-corrected chi connectivity index (χ2v) is 11.0. The first-order valence-electron chi connectivity index (χ1n) is 15.1. The number of oxazole rings is 1. The summed E-state index contributed by atoms with van der Waals surface area (Å²) in [6, 6.07) is 48.2. The Morgan fingerprint density at radius 1 is 0.326 bits per heavy atom. The Bertz CT molecular complexity index is 2460.